The first-order valence-electron chi connectivity index (χ1n) is 7.71. The van der Waals surface area contributed by atoms with E-state index in [1.54, 1.807) is 23.6 Å². The lowest BCUT2D eigenvalue weighted by Gasteiger charge is -2.07. The highest BCUT2D eigenvalue weighted by Gasteiger charge is 2.28. The van der Waals surface area contributed by atoms with Crippen molar-refractivity contribution in [2.24, 2.45) is 4.99 Å². The number of rotatable bonds is 3. The molecule has 0 saturated heterocycles. The Morgan fingerprint density at radius 3 is 2.80 bits per heavy atom. The Hall–Kier alpha value is -2.61. The number of thiazole rings is 1. The van der Waals surface area contributed by atoms with Crippen LogP contribution in [0.4, 0.5) is 8.78 Å². The van der Waals surface area contributed by atoms with E-state index in [4.69, 9.17) is 4.74 Å². The maximum atomic E-state index is 14.5. The van der Waals surface area contributed by atoms with Gasteiger partial charge in [0.25, 0.3) is 0 Å². The van der Waals surface area contributed by atoms with E-state index < -0.39 is 23.0 Å². The van der Waals surface area contributed by atoms with Gasteiger partial charge in [0.05, 0.1) is 33.8 Å². The van der Waals surface area contributed by atoms with Crippen molar-refractivity contribution in [2.45, 2.75) is 13.8 Å². The second-order valence-electron chi connectivity index (χ2n) is 5.45. The van der Waals surface area contributed by atoms with Gasteiger partial charge in [-0.05, 0) is 19.9 Å². The molecular formula is C17H12F2N2O3S. The number of carbonyl (C=O) groups excluding carboxylic acids is 1. The molecule has 0 aliphatic rings. The molecule has 4 aromatic rings. The minimum absolute atomic E-state index is 0.0304. The smallest absolute Gasteiger partial charge is 0.345 e. The molecule has 0 bridgehead atoms. The van der Waals surface area contributed by atoms with Crippen LogP contribution >= 0.6 is 11.3 Å². The number of hydrogen-bond donors (Lipinski definition) is 0. The van der Waals surface area contributed by atoms with Crippen LogP contribution in [-0.4, -0.2) is 23.5 Å². The fraction of sp³-hybridized carbons (Fsp3) is 0.235. The Labute approximate surface area is 143 Å². The van der Waals surface area contributed by atoms with Crippen molar-refractivity contribution in [1.29, 1.82) is 0 Å². The van der Waals surface area contributed by atoms with E-state index >= 15 is 0 Å². The van der Waals surface area contributed by atoms with E-state index in [1.807, 2.05) is 0 Å². The molecule has 0 N–H and O–H groups in total. The summed E-state index contributed by atoms with van der Waals surface area (Å²) in [7, 11) is 0. The summed E-state index contributed by atoms with van der Waals surface area (Å²) >= 11 is 1.17. The molecule has 8 heteroatoms. The van der Waals surface area contributed by atoms with E-state index in [0.717, 1.165) is 6.07 Å². The molecule has 128 valence electrons. The van der Waals surface area contributed by atoms with Gasteiger partial charge in [-0.3, -0.25) is 14.2 Å². The summed E-state index contributed by atoms with van der Waals surface area (Å²) in [4.78, 5) is 29.7. The normalized spacial score (nSPS) is 12.9. The second-order valence-corrected chi connectivity index (χ2v) is 6.31. The first-order chi connectivity index (χ1) is 12.0. The zero-order chi connectivity index (χ0) is 17.9. The van der Waals surface area contributed by atoms with Crippen molar-refractivity contribution < 1.29 is 18.3 Å². The van der Waals surface area contributed by atoms with Crippen LogP contribution < -0.4 is 10.8 Å². The zero-order valence-corrected chi connectivity index (χ0v) is 14.2. The molecule has 0 spiro atoms. The zero-order valence-electron chi connectivity index (χ0n) is 13.4. The molecule has 0 atom stereocenters. The molecule has 1 aromatic carbocycles. The molecule has 25 heavy (non-hydrogen) atoms. The number of carbonyl (C=O) groups is 1. The largest absolute Gasteiger partial charge is 0.462 e. The highest BCUT2D eigenvalue weighted by atomic mass is 32.1. The van der Waals surface area contributed by atoms with Gasteiger partial charge in [-0.25, -0.2) is 13.6 Å². The highest BCUT2D eigenvalue weighted by molar-refractivity contribution is 7.16. The predicted octanol–water partition coefficient (Wildman–Crippen LogP) is 2.92. The number of nitrogens with zero attached hydrogens (tertiary/aromatic N) is 2. The average Bonchev–Trinajstić information content (AvgIpc) is 3.12. The molecule has 0 amide bonds. The van der Waals surface area contributed by atoms with Gasteiger partial charge in [0, 0.05) is 11.9 Å². The number of esters is 1. The molecule has 0 aliphatic heterocycles. The Morgan fingerprint density at radius 2 is 2.12 bits per heavy atom. The highest BCUT2D eigenvalue weighted by Crippen LogP contribution is 2.31. The monoisotopic (exact) mass is 362 g/mol. The van der Waals surface area contributed by atoms with Gasteiger partial charge in [-0.1, -0.05) is 0 Å². The number of benzene rings is 1. The van der Waals surface area contributed by atoms with Crippen molar-refractivity contribution >= 4 is 43.9 Å². The Bertz CT molecular complexity index is 1260. The van der Waals surface area contributed by atoms with Crippen LogP contribution in [0.15, 0.2) is 21.2 Å². The van der Waals surface area contributed by atoms with E-state index in [0.29, 0.717) is 16.9 Å². The molecule has 0 unspecified atom stereocenters. The van der Waals surface area contributed by atoms with Crippen molar-refractivity contribution in [3.05, 3.63) is 44.2 Å². The summed E-state index contributed by atoms with van der Waals surface area (Å²) in [6.45, 7) is 3.88. The van der Waals surface area contributed by atoms with Crippen LogP contribution in [0, 0.1) is 11.6 Å². The first kappa shape index (κ1) is 15.9. The topological polar surface area (TPSA) is 60.1 Å². The predicted molar refractivity (Wildman–Crippen MR) is 90.9 cm³/mol. The summed E-state index contributed by atoms with van der Waals surface area (Å²) in [5, 5.41) is 1.88. The van der Waals surface area contributed by atoms with Crippen LogP contribution in [0.25, 0.3) is 26.6 Å². The van der Waals surface area contributed by atoms with Gasteiger partial charge in [-0.15, -0.1) is 11.3 Å². The minimum atomic E-state index is -1.15. The van der Waals surface area contributed by atoms with Gasteiger partial charge < -0.3 is 4.74 Å². The van der Waals surface area contributed by atoms with Crippen LogP contribution in [0.2, 0.25) is 0 Å². The van der Waals surface area contributed by atoms with Gasteiger partial charge in [-0.2, -0.15) is 0 Å². The van der Waals surface area contributed by atoms with E-state index in [-0.39, 0.29) is 33.8 Å². The molecule has 3 heterocycles. The molecule has 0 fully saturated rings. The third kappa shape index (κ3) is 1.94. The van der Waals surface area contributed by atoms with Crippen LogP contribution in [-0.2, 0) is 4.74 Å². The van der Waals surface area contributed by atoms with Gasteiger partial charge in [0.15, 0.2) is 11.6 Å². The number of aromatic nitrogens is 1. The van der Waals surface area contributed by atoms with Crippen LogP contribution in [0.3, 0.4) is 0 Å². The maximum absolute atomic E-state index is 14.5. The summed E-state index contributed by atoms with van der Waals surface area (Å²) in [5.41, 5.74) is -0.0487. The quantitative estimate of drug-likeness (QED) is 0.527. The summed E-state index contributed by atoms with van der Waals surface area (Å²) in [6, 6.07) is 0.835. The minimum Gasteiger partial charge on any atom is -0.462 e. The molecule has 0 aliphatic carbocycles. The molecule has 3 aromatic heterocycles. The SMILES string of the molecule is CCN=c1c2c(F)c(F)cc3c(=O)c(C(=O)OCC)c4scc1n4c32. The summed E-state index contributed by atoms with van der Waals surface area (Å²) < 4.78 is 35.2. The number of hydrogen-bond acceptors (Lipinski definition) is 5. The van der Waals surface area contributed by atoms with Crippen molar-refractivity contribution in [3.63, 3.8) is 0 Å². The van der Waals surface area contributed by atoms with E-state index in [1.165, 1.54) is 11.3 Å². The molecule has 4 rings (SSSR count). The summed E-state index contributed by atoms with van der Waals surface area (Å²) in [5.74, 6) is -2.97. The van der Waals surface area contributed by atoms with Crippen molar-refractivity contribution in [3.8, 4) is 0 Å². The number of ether oxygens (including phenoxy) is 1. The second kappa shape index (κ2) is 5.45. The fourth-order valence-corrected chi connectivity index (χ4v) is 4.21. The van der Waals surface area contributed by atoms with Crippen LogP contribution in [0.1, 0.15) is 24.2 Å². The number of halogens is 2. The van der Waals surface area contributed by atoms with Crippen molar-refractivity contribution in [2.75, 3.05) is 13.2 Å². The number of pyridine rings is 1. The lowest BCUT2D eigenvalue weighted by molar-refractivity contribution is 0.0527. The van der Waals surface area contributed by atoms with E-state index in [2.05, 4.69) is 4.99 Å². The molecule has 0 radical (unpaired) electrons. The lowest BCUT2D eigenvalue weighted by atomic mass is 10.1. The third-order valence-electron chi connectivity index (χ3n) is 4.10. The van der Waals surface area contributed by atoms with Crippen LogP contribution in [0.5, 0.6) is 0 Å². The molecule has 5 nitrogen and oxygen atoms in total. The van der Waals surface area contributed by atoms with E-state index in [9.17, 15) is 18.4 Å². The Kier molecular flexibility index (Phi) is 3.47. The Morgan fingerprint density at radius 1 is 1.36 bits per heavy atom. The fourth-order valence-electron chi connectivity index (χ4n) is 3.18. The molecular weight excluding hydrogens is 350 g/mol. The van der Waals surface area contributed by atoms with Crippen molar-refractivity contribution in [1.82, 2.24) is 4.40 Å². The lowest BCUT2D eigenvalue weighted by Crippen LogP contribution is -2.19. The summed E-state index contributed by atoms with van der Waals surface area (Å²) in [6.07, 6.45) is 0. The maximum Gasteiger partial charge on any atom is 0.345 e. The average molecular weight is 362 g/mol. The van der Waals surface area contributed by atoms with Gasteiger partial charge in [0.1, 0.15) is 10.4 Å². The third-order valence-corrected chi connectivity index (χ3v) is 5.05. The molecule has 0 saturated carbocycles. The first-order valence-corrected chi connectivity index (χ1v) is 8.59. The standard InChI is InChI=1S/C17H12F2N2O3S/c1-3-20-13-9-6-25-16-11(17(23)24-4-2)15(22)7-5-8(18)12(19)10(13)14(7)21(9)16/h5-6H,3-4H2,1-2H3. The van der Waals surface area contributed by atoms with Gasteiger partial charge >= 0.3 is 5.97 Å². The Balaban J connectivity index is 2.35. The van der Waals surface area contributed by atoms with Gasteiger partial charge in [0.2, 0.25) is 5.43 Å².